The highest BCUT2D eigenvalue weighted by Gasteiger charge is 2.20. The highest BCUT2D eigenvalue weighted by atomic mass is 32.2. The predicted octanol–water partition coefficient (Wildman–Crippen LogP) is 4.56. The van der Waals surface area contributed by atoms with Crippen LogP contribution in [0.2, 0.25) is 0 Å². The summed E-state index contributed by atoms with van der Waals surface area (Å²) < 4.78 is 12.8. The largest absolute Gasteiger partial charge is 0.497 e. The van der Waals surface area contributed by atoms with Gasteiger partial charge in [0, 0.05) is 17.3 Å². The van der Waals surface area contributed by atoms with Crippen LogP contribution in [0.25, 0.3) is 5.69 Å². The number of amides is 2. The Hall–Kier alpha value is -4.31. The van der Waals surface area contributed by atoms with E-state index in [-0.39, 0.29) is 24.1 Å². The first-order chi connectivity index (χ1) is 18.4. The first kappa shape index (κ1) is 26.7. The van der Waals surface area contributed by atoms with E-state index in [9.17, 15) is 9.59 Å². The first-order valence-corrected chi connectivity index (χ1v) is 12.9. The number of nitrogens with one attached hydrogen (secondary N) is 2. The Kier molecular flexibility index (Phi) is 8.65. The van der Waals surface area contributed by atoms with E-state index in [2.05, 4.69) is 20.8 Å². The molecule has 4 aromatic rings. The molecule has 0 spiro atoms. The lowest BCUT2D eigenvalue weighted by Crippen LogP contribution is -2.24. The third kappa shape index (κ3) is 6.33. The van der Waals surface area contributed by atoms with Crippen molar-refractivity contribution in [2.24, 2.45) is 0 Å². The van der Waals surface area contributed by atoms with Crippen LogP contribution in [0.5, 0.6) is 11.5 Å². The number of aromatic nitrogens is 3. The van der Waals surface area contributed by atoms with Crippen molar-refractivity contribution in [3.63, 3.8) is 0 Å². The lowest BCUT2D eigenvalue weighted by Gasteiger charge is -2.15. The fourth-order valence-electron chi connectivity index (χ4n) is 3.76. The van der Waals surface area contributed by atoms with Crippen LogP contribution in [0.15, 0.2) is 71.9 Å². The Labute approximate surface area is 225 Å². The summed E-state index contributed by atoms with van der Waals surface area (Å²) in [7, 11) is 3.14. The SMILES string of the molecule is COc1ccc(OC)c(-n2c(CNC(=O)c3ccccc3)nnc2SCC(=O)Nc2cc(C)ccc2C)c1. The van der Waals surface area contributed by atoms with Crippen LogP contribution < -0.4 is 20.1 Å². The van der Waals surface area contributed by atoms with Crippen LogP contribution in [0, 0.1) is 13.8 Å². The number of benzene rings is 3. The highest BCUT2D eigenvalue weighted by molar-refractivity contribution is 7.99. The van der Waals surface area contributed by atoms with Crippen molar-refractivity contribution in [2.75, 3.05) is 25.3 Å². The zero-order chi connectivity index (χ0) is 27.1. The molecule has 4 rings (SSSR count). The van der Waals surface area contributed by atoms with Crippen molar-refractivity contribution in [2.45, 2.75) is 25.5 Å². The maximum Gasteiger partial charge on any atom is 0.251 e. The van der Waals surface area contributed by atoms with E-state index in [0.29, 0.717) is 33.7 Å². The third-order valence-electron chi connectivity index (χ3n) is 5.77. The minimum atomic E-state index is -0.236. The number of methoxy groups -OCH3 is 2. The molecule has 1 aromatic heterocycles. The average molecular weight is 532 g/mol. The number of nitrogens with zero attached hydrogens (tertiary/aromatic N) is 3. The molecule has 0 saturated heterocycles. The molecular weight excluding hydrogens is 502 g/mol. The number of anilines is 1. The molecular formula is C28H29N5O4S. The van der Waals surface area contributed by atoms with Crippen LogP contribution in [-0.4, -0.2) is 46.6 Å². The van der Waals surface area contributed by atoms with Gasteiger partial charge < -0.3 is 20.1 Å². The van der Waals surface area contributed by atoms with Gasteiger partial charge in [-0.3, -0.25) is 14.2 Å². The number of ether oxygens (including phenoxy) is 2. The zero-order valence-corrected chi connectivity index (χ0v) is 22.5. The van der Waals surface area contributed by atoms with Gasteiger partial charge in [0.1, 0.15) is 11.5 Å². The normalized spacial score (nSPS) is 10.6. The van der Waals surface area contributed by atoms with Crippen LogP contribution in [0.1, 0.15) is 27.3 Å². The number of carbonyl (C=O) groups excluding carboxylic acids is 2. The van der Waals surface area contributed by atoms with Gasteiger partial charge >= 0.3 is 0 Å². The van der Waals surface area contributed by atoms with Crippen molar-refractivity contribution < 1.29 is 19.1 Å². The summed E-state index contributed by atoms with van der Waals surface area (Å²) in [5, 5.41) is 15.0. The summed E-state index contributed by atoms with van der Waals surface area (Å²) in [4.78, 5) is 25.5. The van der Waals surface area contributed by atoms with Crippen LogP contribution in [0.4, 0.5) is 5.69 Å². The minimum absolute atomic E-state index is 0.105. The van der Waals surface area contributed by atoms with Gasteiger partial charge in [-0.2, -0.15) is 0 Å². The van der Waals surface area contributed by atoms with Crippen molar-refractivity contribution >= 4 is 29.3 Å². The summed E-state index contributed by atoms with van der Waals surface area (Å²) in [5.74, 6) is 1.34. The van der Waals surface area contributed by atoms with Gasteiger partial charge in [0.2, 0.25) is 5.91 Å². The maximum atomic E-state index is 12.8. The molecule has 0 radical (unpaired) electrons. The molecule has 9 nitrogen and oxygen atoms in total. The molecule has 38 heavy (non-hydrogen) atoms. The van der Waals surface area contributed by atoms with Crippen molar-refractivity contribution in [3.8, 4) is 17.2 Å². The Morgan fingerprint density at radius 3 is 2.47 bits per heavy atom. The van der Waals surface area contributed by atoms with E-state index >= 15 is 0 Å². The molecule has 0 bridgehead atoms. The molecule has 196 valence electrons. The van der Waals surface area contributed by atoms with E-state index in [4.69, 9.17) is 9.47 Å². The van der Waals surface area contributed by atoms with E-state index < -0.39 is 0 Å². The molecule has 0 aliphatic rings. The average Bonchev–Trinajstić information content (AvgIpc) is 3.35. The van der Waals surface area contributed by atoms with Gasteiger partial charge in [-0.1, -0.05) is 42.1 Å². The smallest absolute Gasteiger partial charge is 0.251 e. The summed E-state index contributed by atoms with van der Waals surface area (Å²) in [6.45, 7) is 4.03. The Morgan fingerprint density at radius 1 is 0.947 bits per heavy atom. The molecule has 1 heterocycles. The van der Waals surface area contributed by atoms with E-state index in [1.54, 1.807) is 61.3 Å². The Morgan fingerprint density at radius 2 is 1.74 bits per heavy atom. The second-order valence-corrected chi connectivity index (χ2v) is 9.42. The second-order valence-electron chi connectivity index (χ2n) is 8.48. The van der Waals surface area contributed by atoms with E-state index in [1.165, 1.54) is 11.8 Å². The quantitative estimate of drug-likeness (QED) is 0.289. The van der Waals surface area contributed by atoms with Crippen LogP contribution >= 0.6 is 11.8 Å². The molecule has 0 unspecified atom stereocenters. The molecule has 0 saturated carbocycles. The standard InChI is InChI=1S/C28H29N5O4S/c1-18-10-11-19(2)22(14-18)30-26(34)17-38-28-32-31-25(16-29-27(35)20-8-6-5-7-9-20)33(28)23-15-21(36-3)12-13-24(23)37-4/h5-15H,16-17H2,1-4H3,(H,29,35)(H,30,34). The van der Waals surface area contributed by atoms with Gasteiger partial charge in [0.15, 0.2) is 11.0 Å². The minimum Gasteiger partial charge on any atom is -0.497 e. The summed E-state index contributed by atoms with van der Waals surface area (Å²) in [6, 6.07) is 20.2. The highest BCUT2D eigenvalue weighted by Crippen LogP contribution is 2.32. The fourth-order valence-corrected chi connectivity index (χ4v) is 4.52. The lowest BCUT2D eigenvalue weighted by atomic mass is 10.1. The Balaban J connectivity index is 1.60. The van der Waals surface area contributed by atoms with Gasteiger partial charge in [-0.05, 0) is 55.3 Å². The van der Waals surface area contributed by atoms with Crippen molar-refractivity contribution in [1.29, 1.82) is 0 Å². The van der Waals surface area contributed by atoms with Crippen LogP contribution in [-0.2, 0) is 11.3 Å². The number of aryl methyl sites for hydroxylation is 2. The van der Waals surface area contributed by atoms with Gasteiger partial charge in [0.05, 0.1) is 32.2 Å². The second kappa shape index (κ2) is 12.3. The van der Waals surface area contributed by atoms with E-state index in [0.717, 1.165) is 16.8 Å². The van der Waals surface area contributed by atoms with Gasteiger partial charge in [0.25, 0.3) is 5.91 Å². The molecule has 2 N–H and O–H groups in total. The Bertz CT molecular complexity index is 1440. The number of hydrogen-bond acceptors (Lipinski definition) is 7. The summed E-state index contributed by atoms with van der Waals surface area (Å²) in [6.07, 6.45) is 0. The summed E-state index contributed by atoms with van der Waals surface area (Å²) in [5.41, 5.74) is 3.98. The van der Waals surface area contributed by atoms with E-state index in [1.807, 2.05) is 38.1 Å². The first-order valence-electron chi connectivity index (χ1n) is 11.9. The monoisotopic (exact) mass is 531 g/mol. The number of carbonyl (C=O) groups is 2. The predicted molar refractivity (Wildman–Crippen MR) is 147 cm³/mol. The lowest BCUT2D eigenvalue weighted by molar-refractivity contribution is -0.113. The fraction of sp³-hybridized carbons (Fsp3) is 0.214. The van der Waals surface area contributed by atoms with Gasteiger partial charge in [-0.25, -0.2) is 0 Å². The van der Waals surface area contributed by atoms with Gasteiger partial charge in [-0.15, -0.1) is 10.2 Å². The maximum absolute atomic E-state index is 12.8. The van der Waals surface area contributed by atoms with Crippen molar-refractivity contribution in [1.82, 2.24) is 20.1 Å². The molecule has 10 heteroatoms. The molecule has 0 atom stereocenters. The zero-order valence-electron chi connectivity index (χ0n) is 21.6. The van der Waals surface area contributed by atoms with Crippen molar-refractivity contribution in [3.05, 3.63) is 89.2 Å². The molecule has 3 aromatic carbocycles. The molecule has 2 amide bonds. The topological polar surface area (TPSA) is 107 Å². The number of hydrogen-bond donors (Lipinski definition) is 2. The van der Waals surface area contributed by atoms with Crippen LogP contribution in [0.3, 0.4) is 0 Å². The number of thioether (sulfide) groups is 1. The summed E-state index contributed by atoms with van der Waals surface area (Å²) >= 11 is 1.23. The molecule has 0 fully saturated rings. The molecule has 0 aliphatic heterocycles. The number of rotatable bonds is 10. The molecule has 0 aliphatic carbocycles. The third-order valence-corrected chi connectivity index (χ3v) is 6.70.